The Kier molecular flexibility index (Phi) is 5.12. The molecular formula is C11H20O3. The van der Waals surface area contributed by atoms with Crippen LogP contribution in [0.2, 0.25) is 0 Å². The molecule has 3 nitrogen and oxygen atoms in total. The van der Waals surface area contributed by atoms with Crippen molar-refractivity contribution >= 4 is 5.78 Å². The lowest BCUT2D eigenvalue weighted by molar-refractivity contribution is -0.133. The Morgan fingerprint density at radius 3 is 2.93 bits per heavy atom. The number of hydrogen-bond acceptors (Lipinski definition) is 3. The van der Waals surface area contributed by atoms with E-state index in [-0.39, 0.29) is 18.0 Å². The van der Waals surface area contributed by atoms with Crippen LogP contribution in [0, 0.1) is 0 Å². The number of ketones is 1. The highest BCUT2D eigenvalue weighted by molar-refractivity contribution is 5.82. The first-order valence-corrected chi connectivity index (χ1v) is 5.50. The largest absolute Gasteiger partial charge is 0.376 e. The Bertz CT molecular complexity index is 173. The molecule has 1 saturated heterocycles. The minimum absolute atomic E-state index is 0.167. The van der Waals surface area contributed by atoms with Gasteiger partial charge in [-0.2, -0.15) is 0 Å². The average molecular weight is 200 g/mol. The van der Waals surface area contributed by atoms with E-state index in [0.717, 1.165) is 19.4 Å². The van der Waals surface area contributed by atoms with Crippen molar-refractivity contribution in [2.45, 2.75) is 51.7 Å². The normalized spacial score (nSPS) is 24.6. The molecule has 0 radical (unpaired) electrons. The minimum atomic E-state index is -0.273. The van der Waals surface area contributed by atoms with Gasteiger partial charge < -0.3 is 9.47 Å². The summed E-state index contributed by atoms with van der Waals surface area (Å²) in [6, 6.07) is 0. The first-order valence-electron chi connectivity index (χ1n) is 5.50. The van der Waals surface area contributed by atoms with E-state index in [2.05, 4.69) is 0 Å². The molecule has 3 heteroatoms. The van der Waals surface area contributed by atoms with Gasteiger partial charge >= 0.3 is 0 Å². The Labute approximate surface area is 85.8 Å². The molecule has 1 rings (SSSR count). The van der Waals surface area contributed by atoms with Crippen LogP contribution >= 0.6 is 0 Å². The predicted octanol–water partition coefficient (Wildman–Crippen LogP) is 1.94. The maximum atomic E-state index is 11.2. The number of Topliss-reactive ketones (excluding diaryl/α,β-unsaturated/α-hetero) is 1. The third-order valence-electron chi connectivity index (χ3n) is 2.61. The molecule has 14 heavy (non-hydrogen) atoms. The van der Waals surface area contributed by atoms with Crippen molar-refractivity contribution in [2.75, 3.05) is 13.2 Å². The quantitative estimate of drug-likeness (QED) is 0.680. The van der Waals surface area contributed by atoms with Gasteiger partial charge in [-0.1, -0.05) is 6.92 Å². The van der Waals surface area contributed by atoms with Gasteiger partial charge in [-0.05, 0) is 26.2 Å². The average Bonchev–Trinajstić information content (AvgIpc) is 2.26. The third kappa shape index (κ3) is 3.76. The van der Waals surface area contributed by atoms with Crippen LogP contribution in [0.5, 0.6) is 0 Å². The van der Waals surface area contributed by atoms with E-state index in [1.54, 1.807) is 0 Å². The minimum Gasteiger partial charge on any atom is -0.376 e. The van der Waals surface area contributed by atoms with E-state index in [4.69, 9.17) is 9.47 Å². The molecule has 0 aromatic carbocycles. The summed E-state index contributed by atoms with van der Waals surface area (Å²) >= 11 is 0. The molecule has 0 saturated carbocycles. The van der Waals surface area contributed by atoms with E-state index < -0.39 is 0 Å². The van der Waals surface area contributed by atoms with Crippen LogP contribution in [0.3, 0.4) is 0 Å². The standard InChI is InChI=1S/C11H20O3/c1-3-11(12)9(2)14-8-10-6-4-5-7-13-10/h9-10H,3-8H2,1-2H3. The van der Waals surface area contributed by atoms with E-state index in [1.165, 1.54) is 6.42 Å². The highest BCUT2D eigenvalue weighted by Crippen LogP contribution is 2.13. The SMILES string of the molecule is CCC(=O)C(C)OCC1CCCCO1. The second kappa shape index (κ2) is 6.14. The van der Waals surface area contributed by atoms with E-state index in [1.807, 2.05) is 13.8 Å². The smallest absolute Gasteiger partial charge is 0.160 e. The predicted molar refractivity (Wildman–Crippen MR) is 54.3 cm³/mol. The van der Waals surface area contributed by atoms with Gasteiger partial charge in [-0.25, -0.2) is 0 Å². The summed E-state index contributed by atoms with van der Waals surface area (Å²) in [5.41, 5.74) is 0. The monoisotopic (exact) mass is 200 g/mol. The molecule has 2 unspecified atom stereocenters. The Hall–Kier alpha value is -0.410. The molecule has 0 aliphatic carbocycles. The molecule has 0 aromatic rings. The molecule has 1 aliphatic rings. The van der Waals surface area contributed by atoms with Crippen LogP contribution in [0.15, 0.2) is 0 Å². The maximum absolute atomic E-state index is 11.2. The van der Waals surface area contributed by atoms with Crippen molar-refractivity contribution in [3.63, 3.8) is 0 Å². The van der Waals surface area contributed by atoms with E-state index >= 15 is 0 Å². The lowest BCUT2D eigenvalue weighted by atomic mass is 10.1. The summed E-state index contributed by atoms with van der Waals surface area (Å²) in [6.45, 7) is 5.07. The Morgan fingerprint density at radius 1 is 1.57 bits per heavy atom. The third-order valence-corrected chi connectivity index (χ3v) is 2.61. The van der Waals surface area contributed by atoms with Crippen molar-refractivity contribution in [3.8, 4) is 0 Å². The molecule has 1 fully saturated rings. The van der Waals surface area contributed by atoms with Gasteiger partial charge in [0.25, 0.3) is 0 Å². The van der Waals surface area contributed by atoms with Gasteiger partial charge in [0.2, 0.25) is 0 Å². The number of carbonyl (C=O) groups is 1. The second-order valence-corrected chi connectivity index (χ2v) is 3.78. The van der Waals surface area contributed by atoms with Gasteiger partial charge in [-0.3, -0.25) is 4.79 Å². The molecule has 1 heterocycles. The fraction of sp³-hybridized carbons (Fsp3) is 0.909. The summed E-state index contributed by atoms with van der Waals surface area (Å²) in [7, 11) is 0. The molecule has 0 bridgehead atoms. The van der Waals surface area contributed by atoms with Crippen LogP contribution < -0.4 is 0 Å². The number of rotatable bonds is 5. The lowest BCUT2D eigenvalue weighted by Gasteiger charge is -2.23. The highest BCUT2D eigenvalue weighted by Gasteiger charge is 2.17. The van der Waals surface area contributed by atoms with Crippen LogP contribution in [0.1, 0.15) is 39.5 Å². The first-order chi connectivity index (χ1) is 6.74. The lowest BCUT2D eigenvalue weighted by Crippen LogP contribution is -2.29. The molecular weight excluding hydrogens is 180 g/mol. The Morgan fingerprint density at radius 2 is 2.36 bits per heavy atom. The topological polar surface area (TPSA) is 35.5 Å². The van der Waals surface area contributed by atoms with Gasteiger partial charge in [0, 0.05) is 13.0 Å². The summed E-state index contributed by atoms with van der Waals surface area (Å²) in [5, 5.41) is 0. The van der Waals surface area contributed by atoms with Crippen molar-refractivity contribution in [3.05, 3.63) is 0 Å². The molecule has 0 spiro atoms. The van der Waals surface area contributed by atoms with Crippen molar-refractivity contribution < 1.29 is 14.3 Å². The van der Waals surface area contributed by atoms with Crippen LogP contribution in [-0.2, 0) is 14.3 Å². The van der Waals surface area contributed by atoms with Crippen LogP contribution in [0.25, 0.3) is 0 Å². The van der Waals surface area contributed by atoms with Gasteiger partial charge in [0.15, 0.2) is 5.78 Å². The molecule has 82 valence electrons. The zero-order chi connectivity index (χ0) is 10.4. The molecule has 0 N–H and O–H groups in total. The summed E-state index contributed by atoms with van der Waals surface area (Å²) in [6.07, 6.45) is 3.91. The summed E-state index contributed by atoms with van der Waals surface area (Å²) in [5.74, 6) is 0.167. The van der Waals surface area contributed by atoms with Crippen molar-refractivity contribution in [1.82, 2.24) is 0 Å². The highest BCUT2D eigenvalue weighted by atomic mass is 16.5. The summed E-state index contributed by atoms with van der Waals surface area (Å²) < 4.78 is 11.0. The van der Waals surface area contributed by atoms with E-state index in [0.29, 0.717) is 13.0 Å². The zero-order valence-electron chi connectivity index (χ0n) is 9.12. The molecule has 1 aliphatic heterocycles. The number of carbonyl (C=O) groups excluding carboxylic acids is 1. The van der Waals surface area contributed by atoms with Crippen molar-refractivity contribution in [2.24, 2.45) is 0 Å². The first kappa shape index (κ1) is 11.7. The number of ether oxygens (including phenoxy) is 2. The maximum Gasteiger partial charge on any atom is 0.160 e. The summed E-state index contributed by atoms with van der Waals surface area (Å²) in [4.78, 5) is 11.2. The fourth-order valence-corrected chi connectivity index (χ4v) is 1.57. The zero-order valence-corrected chi connectivity index (χ0v) is 9.12. The second-order valence-electron chi connectivity index (χ2n) is 3.78. The molecule has 0 aromatic heterocycles. The van der Waals surface area contributed by atoms with Gasteiger partial charge in [0.05, 0.1) is 12.7 Å². The van der Waals surface area contributed by atoms with Crippen molar-refractivity contribution in [1.29, 1.82) is 0 Å². The fourth-order valence-electron chi connectivity index (χ4n) is 1.57. The van der Waals surface area contributed by atoms with E-state index in [9.17, 15) is 4.79 Å². The van der Waals surface area contributed by atoms with Gasteiger partial charge in [-0.15, -0.1) is 0 Å². The Balaban J connectivity index is 2.15. The molecule has 0 amide bonds. The van der Waals surface area contributed by atoms with Crippen LogP contribution in [-0.4, -0.2) is 31.2 Å². The van der Waals surface area contributed by atoms with Gasteiger partial charge in [0.1, 0.15) is 6.10 Å². The number of hydrogen-bond donors (Lipinski definition) is 0. The van der Waals surface area contributed by atoms with Crippen LogP contribution in [0.4, 0.5) is 0 Å². The molecule has 2 atom stereocenters.